The van der Waals surface area contributed by atoms with Crippen LogP contribution in [0.25, 0.3) is 0 Å². The van der Waals surface area contributed by atoms with Crippen LogP contribution in [0.1, 0.15) is 53.9 Å². The number of hydrogen-bond donors (Lipinski definition) is 0. The molecule has 0 aliphatic carbocycles. The van der Waals surface area contributed by atoms with E-state index in [1.807, 2.05) is 0 Å². The maximum atomic E-state index is 6.59. The second-order valence-electron chi connectivity index (χ2n) is 4.93. The zero-order chi connectivity index (χ0) is 13.3. The fourth-order valence-corrected chi connectivity index (χ4v) is 5.44. The van der Waals surface area contributed by atoms with Crippen LogP contribution in [0.2, 0.25) is 18.1 Å². The lowest BCUT2D eigenvalue weighted by atomic mass is 10.1. The van der Waals surface area contributed by atoms with E-state index in [-0.39, 0.29) is 0 Å². The summed E-state index contributed by atoms with van der Waals surface area (Å²) in [5.41, 5.74) is 1.45. The van der Waals surface area contributed by atoms with Gasteiger partial charge in [0.1, 0.15) is 0 Å². The Balaban J connectivity index is 4.60. The molecule has 0 aliphatic rings. The highest BCUT2D eigenvalue weighted by Gasteiger charge is 2.31. The van der Waals surface area contributed by atoms with Gasteiger partial charge >= 0.3 is 0 Å². The summed E-state index contributed by atoms with van der Waals surface area (Å²) in [5, 5.41) is 0. The van der Waals surface area contributed by atoms with E-state index in [9.17, 15) is 0 Å². The fourth-order valence-electron chi connectivity index (χ4n) is 2.28. The molecule has 0 N–H and O–H groups in total. The topological polar surface area (TPSA) is 9.23 Å². The van der Waals surface area contributed by atoms with Gasteiger partial charge in [0.15, 0.2) is 8.32 Å². The van der Waals surface area contributed by atoms with Crippen molar-refractivity contribution in [1.29, 1.82) is 0 Å². The Bertz CT molecular complexity index is 216. The van der Waals surface area contributed by atoms with Gasteiger partial charge in [-0.2, -0.15) is 0 Å². The molecular formula is C14H29IOSi. The fraction of sp³-hybridized carbons (Fsp3) is 0.857. The van der Waals surface area contributed by atoms with Crippen LogP contribution in [0.15, 0.2) is 9.66 Å². The van der Waals surface area contributed by atoms with Crippen LogP contribution < -0.4 is 0 Å². The summed E-state index contributed by atoms with van der Waals surface area (Å²) < 4.78 is 8.78. The van der Waals surface area contributed by atoms with E-state index in [2.05, 4.69) is 61.3 Å². The van der Waals surface area contributed by atoms with Gasteiger partial charge in [-0.25, -0.2) is 0 Å². The second kappa shape index (κ2) is 9.56. The molecule has 3 heteroatoms. The van der Waals surface area contributed by atoms with E-state index in [1.165, 1.54) is 36.5 Å². The predicted molar refractivity (Wildman–Crippen MR) is 89.4 cm³/mol. The molecule has 0 rings (SSSR count). The Labute approximate surface area is 123 Å². The van der Waals surface area contributed by atoms with E-state index < -0.39 is 8.32 Å². The summed E-state index contributed by atoms with van der Waals surface area (Å²) in [4.78, 5) is 0. The molecule has 0 bridgehead atoms. The first-order valence-electron chi connectivity index (χ1n) is 7.01. The van der Waals surface area contributed by atoms with Crippen LogP contribution in [0.4, 0.5) is 0 Å². The minimum absolute atomic E-state index is 0.456. The molecule has 0 saturated carbocycles. The summed E-state index contributed by atoms with van der Waals surface area (Å²) >= 11 is 2.33. The van der Waals surface area contributed by atoms with Gasteiger partial charge in [0.05, 0.1) is 0 Å². The van der Waals surface area contributed by atoms with Gasteiger partial charge in [-0.05, 0) is 42.0 Å². The first kappa shape index (κ1) is 17.6. The van der Waals surface area contributed by atoms with Crippen molar-refractivity contribution >= 4 is 30.9 Å². The van der Waals surface area contributed by atoms with Crippen molar-refractivity contribution in [3.05, 3.63) is 9.66 Å². The molecule has 0 amide bonds. The van der Waals surface area contributed by atoms with E-state index in [4.69, 9.17) is 4.43 Å². The molecule has 0 aliphatic heterocycles. The van der Waals surface area contributed by atoms with E-state index >= 15 is 0 Å². The lowest BCUT2D eigenvalue weighted by Gasteiger charge is -2.33. The second-order valence-corrected chi connectivity index (χ2v) is 10.3. The monoisotopic (exact) mass is 368 g/mol. The Morgan fingerprint density at radius 2 is 1.71 bits per heavy atom. The third kappa shape index (κ3) is 6.39. The van der Waals surface area contributed by atoms with Gasteiger partial charge in [0.2, 0.25) is 0 Å². The first-order chi connectivity index (χ1) is 8.07. The molecule has 0 radical (unpaired) electrons. The number of rotatable bonds is 9. The summed E-state index contributed by atoms with van der Waals surface area (Å²) in [7, 11) is -1.43. The molecule has 0 aromatic carbocycles. The van der Waals surface area contributed by atoms with Crippen molar-refractivity contribution in [2.75, 3.05) is 0 Å². The molecule has 0 aromatic heterocycles. The Morgan fingerprint density at radius 3 is 2.06 bits per heavy atom. The summed E-state index contributed by atoms with van der Waals surface area (Å²) in [6.07, 6.45) is 4.00. The molecule has 0 saturated heterocycles. The van der Waals surface area contributed by atoms with Crippen LogP contribution in [0.5, 0.6) is 0 Å². The van der Waals surface area contributed by atoms with Gasteiger partial charge in [-0.15, -0.1) is 0 Å². The van der Waals surface area contributed by atoms with Crippen molar-refractivity contribution in [3.63, 3.8) is 0 Å². The summed E-state index contributed by atoms with van der Waals surface area (Å²) in [5.74, 6) is 0. The molecule has 0 aromatic rings. The maximum Gasteiger partial charge on any atom is 0.192 e. The van der Waals surface area contributed by atoms with Crippen molar-refractivity contribution < 1.29 is 4.43 Å². The number of hydrogen-bond acceptors (Lipinski definition) is 1. The minimum Gasteiger partial charge on any atom is -0.414 e. The van der Waals surface area contributed by atoms with E-state index in [0.29, 0.717) is 6.10 Å². The van der Waals surface area contributed by atoms with Gasteiger partial charge in [-0.1, -0.05) is 62.3 Å². The molecule has 102 valence electrons. The van der Waals surface area contributed by atoms with Crippen molar-refractivity contribution in [2.45, 2.75) is 78.1 Å². The van der Waals surface area contributed by atoms with Crippen LogP contribution in [-0.2, 0) is 4.43 Å². The predicted octanol–water partition coefficient (Wildman–Crippen LogP) is 5.91. The van der Waals surface area contributed by atoms with E-state index in [1.54, 1.807) is 0 Å². The van der Waals surface area contributed by atoms with Crippen molar-refractivity contribution in [3.8, 4) is 0 Å². The highest BCUT2D eigenvalue weighted by molar-refractivity contribution is 14.1. The van der Waals surface area contributed by atoms with Crippen LogP contribution in [0.3, 0.4) is 0 Å². The summed E-state index contributed by atoms with van der Waals surface area (Å²) in [6, 6.07) is 3.77. The molecular weight excluding hydrogens is 339 g/mol. The molecule has 0 spiro atoms. The molecule has 0 fully saturated rings. The van der Waals surface area contributed by atoms with Gasteiger partial charge in [0.25, 0.3) is 0 Å². The number of halogens is 1. The Hall–Kier alpha value is 0.647. The zero-order valence-corrected chi connectivity index (χ0v) is 15.3. The third-order valence-electron chi connectivity index (χ3n) is 3.70. The van der Waals surface area contributed by atoms with Crippen LogP contribution in [-0.4, -0.2) is 14.4 Å². The van der Waals surface area contributed by atoms with Crippen LogP contribution in [0, 0.1) is 0 Å². The molecule has 1 nitrogen and oxygen atoms in total. The average molecular weight is 368 g/mol. The quantitative estimate of drug-likeness (QED) is 0.363. The van der Waals surface area contributed by atoms with E-state index in [0.717, 1.165) is 6.42 Å². The van der Waals surface area contributed by atoms with Gasteiger partial charge in [0, 0.05) is 6.10 Å². The first-order valence-corrected chi connectivity index (χ1v) is 10.8. The van der Waals surface area contributed by atoms with Gasteiger partial charge < -0.3 is 4.43 Å². The average Bonchev–Trinajstić information content (AvgIpc) is 2.36. The molecule has 0 heterocycles. The van der Waals surface area contributed by atoms with Gasteiger partial charge in [-0.3, -0.25) is 0 Å². The highest BCUT2D eigenvalue weighted by Crippen LogP contribution is 2.27. The smallest absolute Gasteiger partial charge is 0.192 e. The Morgan fingerprint density at radius 1 is 1.18 bits per heavy atom. The Kier molecular flexibility index (Phi) is 9.92. The SMILES string of the molecule is CCC[C@H](C/C(C)=C/I)O[Si](CC)(CC)CC. The minimum atomic E-state index is -1.43. The van der Waals surface area contributed by atoms with Crippen molar-refractivity contribution in [2.24, 2.45) is 0 Å². The lowest BCUT2D eigenvalue weighted by Crippen LogP contribution is -2.40. The molecule has 17 heavy (non-hydrogen) atoms. The van der Waals surface area contributed by atoms with Crippen LogP contribution >= 0.6 is 22.6 Å². The standard InChI is InChI=1S/C14H29IOSi/c1-6-10-14(11-13(5)12-15)16-17(7-2,8-3)9-4/h12,14H,6-11H2,1-5H3/b13-12+/t14-/m1/s1. The lowest BCUT2D eigenvalue weighted by molar-refractivity contribution is 0.175. The zero-order valence-electron chi connectivity index (χ0n) is 12.2. The maximum absolute atomic E-state index is 6.59. The largest absolute Gasteiger partial charge is 0.414 e. The normalized spacial score (nSPS) is 15.1. The molecule has 1 atom stereocenters. The third-order valence-corrected chi connectivity index (χ3v) is 9.46. The molecule has 0 unspecified atom stereocenters. The van der Waals surface area contributed by atoms with Crippen molar-refractivity contribution in [1.82, 2.24) is 0 Å². The highest BCUT2D eigenvalue weighted by atomic mass is 127. The summed E-state index contributed by atoms with van der Waals surface area (Å²) in [6.45, 7) is 11.4.